The number of hydrogen-bond donors (Lipinski definition) is 0. The Hall–Kier alpha value is -2.61. The standard InChI is InChI=1S/C17H17FN4O3/c18-13-2-1-5-20-15(13)25-12-4-7-24-17(8-12)9-22(10-17)16(23)14-3-6-19-11-21-14/h1-3,5-6,11-12H,4,7-10H2. The summed E-state index contributed by atoms with van der Waals surface area (Å²) in [6.45, 7) is 1.45. The number of likely N-dealkylation sites (tertiary alicyclic amines) is 1. The third kappa shape index (κ3) is 3.17. The number of aromatic nitrogens is 3. The maximum Gasteiger partial charge on any atom is 0.272 e. The summed E-state index contributed by atoms with van der Waals surface area (Å²) in [5, 5.41) is 0. The van der Waals surface area contributed by atoms with Crippen LogP contribution in [0.1, 0.15) is 23.3 Å². The van der Waals surface area contributed by atoms with Gasteiger partial charge in [-0.15, -0.1) is 0 Å². The first kappa shape index (κ1) is 15.9. The summed E-state index contributed by atoms with van der Waals surface area (Å²) in [5.74, 6) is -0.606. The molecule has 1 unspecified atom stereocenters. The van der Waals surface area contributed by atoms with E-state index in [1.807, 2.05) is 0 Å². The van der Waals surface area contributed by atoms with Crippen LogP contribution in [0, 0.1) is 5.82 Å². The summed E-state index contributed by atoms with van der Waals surface area (Å²) in [7, 11) is 0. The minimum absolute atomic E-state index is 0.0118. The fourth-order valence-corrected chi connectivity index (χ4v) is 3.29. The van der Waals surface area contributed by atoms with Crippen LogP contribution in [0.15, 0.2) is 36.9 Å². The van der Waals surface area contributed by atoms with Gasteiger partial charge < -0.3 is 14.4 Å². The first-order chi connectivity index (χ1) is 12.2. The third-order valence-corrected chi connectivity index (χ3v) is 4.50. The summed E-state index contributed by atoms with van der Waals surface area (Å²) in [6.07, 6.45) is 5.46. The average Bonchev–Trinajstić information content (AvgIpc) is 2.62. The zero-order valence-corrected chi connectivity index (χ0v) is 13.5. The van der Waals surface area contributed by atoms with Crippen molar-refractivity contribution < 1.29 is 18.7 Å². The number of ether oxygens (including phenoxy) is 2. The van der Waals surface area contributed by atoms with Gasteiger partial charge in [-0.2, -0.15) is 0 Å². The number of carbonyl (C=O) groups is 1. The normalized spacial score (nSPS) is 21.6. The van der Waals surface area contributed by atoms with Crippen LogP contribution in [0.3, 0.4) is 0 Å². The lowest BCUT2D eigenvalue weighted by Crippen LogP contribution is -2.67. The molecule has 130 valence electrons. The van der Waals surface area contributed by atoms with Crippen molar-refractivity contribution in [3.05, 3.63) is 48.4 Å². The molecule has 1 amide bonds. The third-order valence-electron chi connectivity index (χ3n) is 4.50. The van der Waals surface area contributed by atoms with Crippen LogP contribution in [-0.4, -0.2) is 57.2 Å². The minimum atomic E-state index is -0.475. The molecule has 25 heavy (non-hydrogen) atoms. The zero-order valence-electron chi connectivity index (χ0n) is 13.5. The van der Waals surface area contributed by atoms with Gasteiger partial charge in [0.15, 0.2) is 5.82 Å². The lowest BCUT2D eigenvalue weighted by molar-refractivity contribution is -0.174. The first-order valence-electron chi connectivity index (χ1n) is 8.12. The number of nitrogens with zero attached hydrogens (tertiary/aromatic N) is 4. The summed E-state index contributed by atoms with van der Waals surface area (Å²) in [4.78, 5) is 25.8. The van der Waals surface area contributed by atoms with Crippen LogP contribution in [0.4, 0.5) is 4.39 Å². The van der Waals surface area contributed by atoms with E-state index in [1.54, 1.807) is 11.0 Å². The largest absolute Gasteiger partial charge is 0.472 e. The van der Waals surface area contributed by atoms with Gasteiger partial charge in [0.25, 0.3) is 11.8 Å². The summed E-state index contributed by atoms with van der Waals surface area (Å²) in [6, 6.07) is 4.43. The van der Waals surface area contributed by atoms with E-state index in [0.29, 0.717) is 38.2 Å². The van der Waals surface area contributed by atoms with Gasteiger partial charge in [-0.25, -0.2) is 19.3 Å². The SMILES string of the molecule is O=C(c1ccncn1)N1CC2(CC(Oc3ncccc3F)CCO2)C1. The molecule has 0 aromatic carbocycles. The smallest absolute Gasteiger partial charge is 0.272 e. The molecular weight excluding hydrogens is 327 g/mol. The number of carbonyl (C=O) groups excluding carboxylic acids is 1. The van der Waals surface area contributed by atoms with E-state index in [0.717, 1.165) is 0 Å². The number of rotatable bonds is 3. The van der Waals surface area contributed by atoms with Crippen molar-refractivity contribution >= 4 is 5.91 Å². The van der Waals surface area contributed by atoms with Crippen molar-refractivity contribution in [3.63, 3.8) is 0 Å². The maximum atomic E-state index is 13.7. The van der Waals surface area contributed by atoms with Gasteiger partial charge in [0.2, 0.25) is 0 Å². The van der Waals surface area contributed by atoms with Crippen molar-refractivity contribution in [2.45, 2.75) is 24.5 Å². The molecule has 0 bridgehead atoms. The Balaban J connectivity index is 1.38. The quantitative estimate of drug-likeness (QED) is 0.839. The van der Waals surface area contributed by atoms with Gasteiger partial charge in [0.05, 0.1) is 19.7 Å². The second-order valence-corrected chi connectivity index (χ2v) is 6.31. The Labute approximate surface area is 143 Å². The van der Waals surface area contributed by atoms with Gasteiger partial charge in [-0.05, 0) is 18.2 Å². The van der Waals surface area contributed by atoms with Gasteiger partial charge in [0, 0.05) is 25.2 Å². The van der Waals surface area contributed by atoms with Crippen molar-refractivity contribution in [3.8, 4) is 5.88 Å². The van der Waals surface area contributed by atoms with Gasteiger partial charge in [-0.1, -0.05) is 0 Å². The Morgan fingerprint density at radius 1 is 1.32 bits per heavy atom. The van der Waals surface area contributed by atoms with Crippen LogP contribution < -0.4 is 4.74 Å². The molecule has 7 nitrogen and oxygen atoms in total. The number of pyridine rings is 1. The molecule has 0 radical (unpaired) electrons. The van der Waals surface area contributed by atoms with Crippen LogP contribution in [0.25, 0.3) is 0 Å². The molecule has 0 saturated carbocycles. The molecule has 2 aliphatic heterocycles. The van der Waals surface area contributed by atoms with E-state index < -0.39 is 11.4 Å². The average molecular weight is 344 g/mol. The van der Waals surface area contributed by atoms with E-state index in [1.165, 1.54) is 30.9 Å². The summed E-state index contributed by atoms with van der Waals surface area (Å²) in [5.41, 5.74) is -0.0688. The maximum absolute atomic E-state index is 13.7. The molecule has 4 rings (SSSR count). The first-order valence-corrected chi connectivity index (χ1v) is 8.12. The van der Waals surface area contributed by atoms with Crippen LogP contribution >= 0.6 is 0 Å². The van der Waals surface area contributed by atoms with E-state index in [9.17, 15) is 9.18 Å². The Kier molecular flexibility index (Phi) is 4.04. The van der Waals surface area contributed by atoms with Crippen molar-refractivity contribution in [1.82, 2.24) is 19.9 Å². The second-order valence-electron chi connectivity index (χ2n) is 6.31. The Morgan fingerprint density at radius 2 is 2.20 bits per heavy atom. The van der Waals surface area contributed by atoms with E-state index in [4.69, 9.17) is 9.47 Å². The van der Waals surface area contributed by atoms with Gasteiger partial charge in [0.1, 0.15) is 23.7 Å². The Morgan fingerprint density at radius 3 is 2.96 bits per heavy atom. The number of amides is 1. The second kappa shape index (κ2) is 6.36. The van der Waals surface area contributed by atoms with Crippen molar-refractivity contribution in [2.24, 2.45) is 0 Å². The van der Waals surface area contributed by atoms with Crippen LogP contribution in [0.2, 0.25) is 0 Å². The van der Waals surface area contributed by atoms with Gasteiger partial charge in [-0.3, -0.25) is 4.79 Å². The fraction of sp³-hybridized carbons (Fsp3) is 0.412. The number of hydrogen-bond acceptors (Lipinski definition) is 6. The molecule has 0 N–H and O–H groups in total. The molecule has 1 spiro atoms. The molecule has 2 saturated heterocycles. The lowest BCUT2D eigenvalue weighted by Gasteiger charge is -2.52. The zero-order chi connectivity index (χ0) is 17.3. The predicted octanol–water partition coefficient (Wildman–Crippen LogP) is 1.46. The number of halogens is 1. The molecule has 4 heterocycles. The van der Waals surface area contributed by atoms with Crippen molar-refractivity contribution in [1.29, 1.82) is 0 Å². The molecule has 8 heteroatoms. The molecule has 2 aromatic rings. The highest BCUT2D eigenvalue weighted by Gasteiger charge is 2.50. The molecule has 0 aliphatic carbocycles. The Bertz CT molecular complexity index is 767. The lowest BCUT2D eigenvalue weighted by atomic mass is 9.84. The van der Waals surface area contributed by atoms with Crippen LogP contribution in [-0.2, 0) is 4.74 Å². The van der Waals surface area contributed by atoms with Crippen molar-refractivity contribution in [2.75, 3.05) is 19.7 Å². The molecule has 1 atom stereocenters. The highest BCUT2D eigenvalue weighted by atomic mass is 19.1. The van der Waals surface area contributed by atoms with E-state index in [2.05, 4.69) is 15.0 Å². The topological polar surface area (TPSA) is 77.4 Å². The fourth-order valence-electron chi connectivity index (χ4n) is 3.29. The van der Waals surface area contributed by atoms with Gasteiger partial charge >= 0.3 is 0 Å². The molecule has 2 fully saturated rings. The summed E-state index contributed by atoms with van der Waals surface area (Å²) >= 11 is 0. The molecule has 2 aliphatic rings. The molecular formula is C17H17FN4O3. The highest BCUT2D eigenvalue weighted by molar-refractivity contribution is 5.92. The van der Waals surface area contributed by atoms with Crippen LogP contribution in [0.5, 0.6) is 5.88 Å². The monoisotopic (exact) mass is 344 g/mol. The predicted molar refractivity (Wildman–Crippen MR) is 84.5 cm³/mol. The summed E-state index contributed by atoms with van der Waals surface area (Å²) < 4.78 is 25.3. The van der Waals surface area contributed by atoms with E-state index in [-0.39, 0.29) is 17.9 Å². The van der Waals surface area contributed by atoms with E-state index >= 15 is 0 Å². The highest BCUT2D eigenvalue weighted by Crippen LogP contribution is 2.36. The minimum Gasteiger partial charge on any atom is -0.472 e. The molecule has 2 aromatic heterocycles.